The zero-order valence-corrected chi connectivity index (χ0v) is 17.6. The second-order valence-electron chi connectivity index (χ2n) is 7.45. The van der Waals surface area contributed by atoms with Crippen molar-refractivity contribution in [2.24, 2.45) is 17.0 Å². The fraction of sp³-hybridized carbons (Fsp3) is 0.286. The molecule has 1 aromatic carbocycles. The molecule has 148 valence electrons. The number of pyridine rings is 1. The maximum Gasteiger partial charge on any atom is 0.227 e. The van der Waals surface area contributed by atoms with Crippen molar-refractivity contribution >= 4 is 29.1 Å². The second-order valence-corrected chi connectivity index (χ2v) is 7.88. The van der Waals surface area contributed by atoms with E-state index in [2.05, 4.69) is 29.0 Å². The molecule has 1 aliphatic heterocycles. The fourth-order valence-electron chi connectivity index (χ4n) is 3.27. The predicted octanol–water partition coefficient (Wildman–Crippen LogP) is 3.65. The highest BCUT2D eigenvalue weighted by Crippen LogP contribution is 2.27. The van der Waals surface area contributed by atoms with Crippen LogP contribution in [0.4, 0.5) is 5.95 Å². The lowest BCUT2D eigenvalue weighted by molar-refractivity contribution is 0.610. The van der Waals surface area contributed by atoms with Crippen molar-refractivity contribution in [3.8, 4) is 11.4 Å². The van der Waals surface area contributed by atoms with Gasteiger partial charge in [-0.2, -0.15) is 0 Å². The molecular formula is C21H22ClN7. The van der Waals surface area contributed by atoms with Crippen LogP contribution in [0.15, 0.2) is 58.8 Å². The molecule has 3 heterocycles. The van der Waals surface area contributed by atoms with E-state index in [9.17, 15) is 0 Å². The minimum Gasteiger partial charge on any atom is -0.332 e. The summed E-state index contributed by atoms with van der Waals surface area (Å²) in [4.78, 5) is 15.6. The Labute approximate surface area is 174 Å². The number of aliphatic imine (C=N–C) groups is 2. The standard InChI is InChI=1S/C21H22ClN7/c1-21(2,19-24-13-17(25-19)15-6-5-7-16(22)12-15)29(4)20-27-26-18(28(20)3)14-8-10-23-11-9-14/h5-12H,13H2,1-4H3. The van der Waals surface area contributed by atoms with E-state index in [1.165, 1.54) is 0 Å². The predicted molar refractivity (Wildman–Crippen MR) is 117 cm³/mol. The fourth-order valence-corrected chi connectivity index (χ4v) is 3.46. The first kappa shape index (κ1) is 19.3. The molecule has 0 spiro atoms. The average molecular weight is 408 g/mol. The molecule has 4 rings (SSSR count). The number of hydrogen-bond acceptors (Lipinski definition) is 6. The van der Waals surface area contributed by atoms with Crippen molar-refractivity contribution < 1.29 is 0 Å². The first-order chi connectivity index (χ1) is 13.9. The van der Waals surface area contributed by atoms with Crippen molar-refractivity contribution in [3.63, 3.8) is 0 Å². The topological polar surface area (TPSA) is 71.6 Å². The molecule has 0 amide bonds. The van der Waals surface area contributed by atoms with Crippen LogP contribution < -0.4 is 4.90 Å². The molecule has 2 aromatic heterocycles. The van der Waals surface area contributed by atoms with Gasteiger partial charge in [-0.15, -0.1) is 10.2 Å². The molecule has 0 unspecified atom stereocenters. The minimum absolute atomic E-state index is 0.476. The molecule has 7 nitrogen and oxygen atoms in total. The third-order valence-corrected chi connectivity index (χ3v) is 5.49. The molecule has 0 N–H and O–H groups in total. The van der Waals surface area contributed by atoms with Crippen molar-refractivity contribution in [2.75, 3.05) is 18.5 Å². The Bertz CT molecular complexity index is 1100. The summed E-state index contributed by atoms with van der Waals surface area (Å²) in [5, 5.41) is 9.48. The summed E-state index contributed by atoms with van der Waals surface area (Å²) in [6.45, 7) is 4.70. The highest BCUT2D eigenvalue weighted by atomic mass is 35.5. The molecule has 0 bridgehead atoms. The number of hydrogen-bond donors (Lipinski definition) is 0. The summed E-state index contributed by atoms with van der Waals surface area (Å²) in [6.07, 6.45) is 3.49. The molecule has 0 saturated carbocycles. The van der Waals surface area contributed by atoms with Crippen LogP contribution in [0.3, 0.4) is 0 Å². The van der Waals surface area contributed by atoms with Gasteiger partial charge in [-0.05, 0) is 43.7 Å². The number of likely N-dealkylation sites (N-methyl/N-ethyl adjacent to an activating group) is 1. The Hall–Kier alpha value is -3.06. The summed E-state index contributed by atoms with van der Waals surface area (Å²) < 4.78 is 1.97. The van der Waals surface area contributed by atoms with Gasteiger partial charge in [0.15, 0.2) is 5.82 Å². The molecule has 8 heteroatoms. The van der Waals surface area contributed by atoms with E-state index in [0.717, 1.165) is 34.4 Å². The Kier molecular flexibility index (Phi) is 4.92. The van der Waals surface area contributed by atoms with Gasteiger partial charge in [0.05, 0.1) is 17.8 Å². The van der Waals surface area contributed by atoms with Gasteiger partial charge >= 0.3 is 0 Å². The highest BCUT2D eigenvalue weighted by Gasteiger charge is 2.35. The van der Waals surface area contributed by atoms with Gasteiger partial charge < -0.3 is 4.90 Å². The summed E-state index contributed by atoms with van der Waals surface area (Å²) in [6, 6.07) is 11.5. The van der Waals surface area contributed by atoms with Gasteiger partial charge in [-0.1, -0.05) is 23.7 Å². The van der Waals surface area contributed by atoms with Crippen LogP contribution in [-0.2, 0) is 7.05 Å². The van der Waals surface area contributed by atoms with E-state index < -0.39 is 5.54 Å². The first-order valence-corrected chi connectivity index (χ1v) is 9.68. The minimum atomic E-state index is -0.476. The molecule has 0 saturated heterocycles. The van der Waals surface area contributed by atoms with E-state index in [1.54, 1.807) is 12.4 Å². The molecular weight excluding hydrogens is 386 g/mol. The lowest BCUT2D eigenvalue weighted by Crippen LogP contribution is -2.48. The van der Waals surface area contributed by atoms with Crippen LogP contribution >= 0.6 is 11.6 Å². The van der Waals surface area contributed by atoms with Crippen molar-refractivity contribution in [1.29, 1.82) is 0 Å². The molecule has 1 aliphatic rings. The Morgan fingerprint density at radius 2 is 1.83 bits per heavy atom. The monoisotopic (exact) mass is 407 g/mol. The number of benzene rings is 1. The van der Waals surface area contributed by atoms with Crippen molar-refractivity contribution in [1.82, 2.24) is 19.7 Å². The second kappa shape index (κ2) is 7.40. The van der Waals surface area contributed by atoms with E-state index in [4.69, 9.17) is 21.6 Å². The third-order valence-electron chi connectivity index (χ3n) is 5.25. The Balaban J connectivity index is 1.62. The summed E-state index contributed by atoms with van der Waals surface area (Å²) >= 11 is 6.13. The average Bonchev–Trinajstić information content (AvgIpc) is 3.36. The van der Waals surface area contributed by atoms with Crippen molar-refractivity contribution in [3.05, 3.63) is 59.4 Å². The van der Waals surface area contributed by atoms with Crippen LogP contribution in [0, 0.1) is 0 Å². The van der Waals surface area contributed by atoms with Crippen molar-refractivity contribution in [2.45, 2.75) is 19.4 Å². The molecule has 3 aromatic rings. The quantitative estimate of drug-likeness (QED) is 0.647. The lowest BCUT2D eigenvalue weighted by Gasteiger charge is -2.34. The van der Waals surface area contributed by atoms with Crippen LogP contribution in [0.1, 0.15) is 19.4 Å². The first-order valence-electron chi connectivity index (χ1n) is 9.30. The molecule has 0 fully saturated rings. The maximum absolute atomic E-state index is 6.13. The molecule has 29 heavy (non-hydrogen) atoms. The smallest absolute Gasteiger partial charge is 0.227 e. The van der Waals surface area contributed by atoms with Gasteiger partial charge in [0.2, 0.25) is 5.95 Å². The highest BCUT2D eigenvalue weighted by molar-refractivity contribution is 6.31. The van der Waals surface area contributed by atoms with E-state index in [-0.39, 0.29) is 0 Å². The van der Waals surface area contributed by atoms with Crippen LogP contribution in [0.25, 0.3) is 11.4 Å². The lowest BCUT2D eigenvalue weighted by atomic mass is 10.0. The summed E-state index contributed by atoms with van der Waals surface area (Å²) in [7, 11) is 3.94. The molecule has 0 radical (unpaired) electrons. The summed E-state index contributed by atoms with van der Waals surface area (Å²) in [5.74, 6) is 2.26. The number of halogens is 1. The van der Waals surface area contributed by atoms with Gasteiger partial charge in [0.1, 0.15) is 5.84 Å². The molecule has 0 aliphatic carbocycles. The number of aromatic nitrogens is 4. The van der Waals surface area contributed by atoms with Crippen LogP contribution in [0.2, 0.25) is 5.02 Å². The van der Waals surface area contributed by atoms with Gasteiger partial charge in [0, 0.05) is 37.1 Å². The Morgan fingerprint density at radius 3 is 2.55 bits per heavy atom. The number of amidine groups is 1. The number of anilines is 1. The summed E-state index contributed by atoms with van der Waals surface area (Å²) in [5.41, 5.74) is 2.40. The van der Waals surface area contributed by atoms with Gasteiger partial charge in [0.25, 0.3) is 0 Å². The third kappa shape index (κ3) is 3.53. The SMILES string of the molecule is CN(c1nnc(-c2ccncc2)n1C)C(C)(C)C1=NCC(c2cccc(Cl)c2)=N1. The number of nitrogens with zero attached hydrogens (tertiary/aromatic N) is 7. The molecule has 0 atom stereocenters. The van der Waals surface area contributed by atoms with Gasteiger partial charge in [-0.25, -0.2) is 4.99 Å². The number of rotatable bonds is 5. The van der Waals surface area contributed by atoms with Crippen LogP contribution in [0.5, 0.6) is 0 Å². The Morgan fingerprint density at radius 1 is 1.07 bits per heavy atom. The normalized spacial score (nSPS) is 14.0. The van der Waals surface area contributed by atoms with E-state index in [1.807, 2.05) is 60.0 Å². The maximum atomic E-state index is 6.13. The van der Waals surface area contributed by atoms with E-state index >= 15 is 0 Å². The van der Waals surface area contributed by atoms with Gasteiger partial charge in [-0.3, -0.25) is 14.5 Å². The zero-order valence-electron chi connectivity index (χ0n) is 16.8. The zero-order chi connectivity index (χ0) is 20.6. The van der Waals surface area contributed by atoms with E-state index in [0.29, 0.717) is 11.6 Å². The van der Waals surface area contributed by atoms with Crippen LogP contribution in [-0.4, -0.2) is 50.4 Å². The largest absolute Gasteiger partial charge is 0.332 e.